The van der Waals surface area contributed by atoms with E-state index in [0.717, 1.165) is 6.42 Å². The van der Waals surface area contributed by atoms with Crippen molar-refractivity contribution in [2.75, 3.05) is 0 Å². The van der Waals surface area contributed by atoms with Gasteiger partial charge in [-0.3, -0.25) is 0 Å². The molecule has 0 saturated carbocycles. The summed E-state index contributed by atoms with van der Waals surface area (Å²) >= 11 is 0. The summed E-state index contributed by atoms with van der Waals surface area (Å²) < 4.78 is 0. The van der Waals surface area contributed by atoms with Gasteiger partial charge in [0.05, 0.1) is 0 Å². The molecule has 0 aliphatic heterocycles. The van der Waals surface area contributed by atoms with E-state index in [1.54, 1.807) is 0 Å². The molecule has 14 heavy (non-hydrogen) atoms. The van der Waals surface area contributed by atoms with E-state index in [-0.39, 0.29) is 5.54 Å². The maximum Gasteiger partial charge on any atom is 0.0138 e. The molecule has 0 aromatic heterocycles. The van der Waals surface area contributed by atoms with Gasteiger partial charge in [0.1, 0.15) is 0 Å². The standard InChI is InChI=1S/C13H21N/c1-10(2)12-8-6-5-7-11(12)9-13(3,4)14/h5-8,10H,9,14H2,1-4H3. The zero-order chi connectivity index (χ0) is 10.8. The van der Waals surface area contributed by atoms with Crippen LogP contribution in [0.4, 0.5) is 0 Å². The predicted octanol–water partition coefficient (Wildman–Crippen LogP) is 3.09. The highest BCUT2D eigenvalue weighted by Gasteiger charge is 2.14. The molecule has 0 heterocycles. The molecule has 2 N–H and O–H groups in total. The van der Waals surface area contributed by atoms with Crippen LogP contribution in [0.5, 0.6) is 0 Å². The van der Waals surface area contributed by atoms with Crippen molar-refractivity contribution in [3.05, 3.63) is 35.4 Å². The molecular weight excluding hydrogens is 170 g/mol. The molecule has 1 aromatic carbocycles. The van der Waals surface area contributed by atoms with Crippen LogP contribution in [0.2, 0.25) is 0 Å². The normalized spacial score (nSPS) is 12.1. The third-order valence-electron chi connectivity index (χ3n) is 2.32. The Morgan fingerprint density at radius 1 is 1.21 bits per heavy atom. The van der Waals surface area contributed by atoms with E-state index in [2.05, 4.69) is 52.0 Å². The lowest BCUT2D eigenvalue weighted by Crippen LogP contribution is -2.34. The SMILES string of the molecule is CC(C)c1ccccc1CC(C)(C)N. The van der Waals surface area contributed by atoms with Gasteiger partial charge >= 0.3 is 0 Å². The lowest BCUT2D eigenvalue weighted by Gasteiger charge is -2.21. The van der Waals surface area contributed by atoms with E-state index in [4.69, 9.17) is 5.73 Å². The molecule has 1 rings (SSSR count). The Labute approximate surface area is 87.3 Å². The van der Waals surface area contributed by atoms with Gasteiger partial charge in [-0.05, 0) is 37.3 Å². The summed E-state index contributed by atoms with van der Waals surface area (Å²) in [5.74, 6) is 0.577. The van der Waals surface area contributed by atoms with Crippen molar-refractivity contribution >= 4 is 0 Å². The van der Waals surface area contributed by atoms with Gasteiger partial charge in [0, 0.05) is 5.54 Å². The zero-order valence-electron chi connectivity index (χ0n) is 9.67. The second-order valence-electron chi connectivity index (χ2n) is 5.02. The molecule has 0 aliphatic rings. The minimum absolute atomic E-state index is 0.120. The molecule has 0 saturated heterocycles. The number of hydrogen-bond acceptors (Lipinski definition) is 1. The van der Waals surface area contributed by atoms with Crippen molar-refractivity contribution in [2.45, 2.75) is 45.6 Å². The number of benzene rings is 1. The highest BCUT2D eigenvalue weighted by Crippen LogP contribution is 2.22. The van der Waals surface area contributed by atoms with Crippen LogP contribution in [0.15, 0.2) is 24.3 Å². The molecule has 0 bridgehead atoms. The van der Waals surface area contributed by atoms with Gasteiger partial charge < -0.3 is 5.73 Å². The largest absolute Gasteiger partial charge is 0.325 e. The Morgan fingerprint density at radius 3 is 2.29 bits per heavy atom. The second-order valence-corrected chi connectivity index (χ2v) is 5.02. The van der Waals surface area contributed by atoms with Crippen LogP contribution in [0.25, 0.3) is 0 Å². The first-order valence-electron chi connectivity index (χ1n) is 5.27. The van der Waals surface area contributed by atoms with E-state index >= 15 is 0 Å². The molecule has 0 radical (unpaired) electrons. The molecule has 1 aromatic rings. The Hall–Kier alpha value is -0.820. The highest BCUT2D eigenvalue weighted by atomic mass is 14.7. The quantitative estimate of drug-likeness (QED) is 0.780. The van der Waals surface area contributed by atoms with E-state index in [9.17, 15) is 0 Å². The number of nitrogens with two attached hydrogens (primary N) is 1. The molecule has 0 unspecified atom stereocenters. The first-order chi connectivity index (χ1) is 6.40. The fraction of sp³-hybridized carbons (Fsp3) is 0.538. The molecule has 0 amide bonds. The van der Waals surface area contributed by atoms with E-state index in [1.807, 2.05) is 0 Å². The van der Waals surface area contributed by atoms with Gasteiger partial charge in [0.15, 0.2) is 0 Å². The Bertz CT molecular complexity index is 294. The second kappa shape index (κ2) is 4.14. The van der Waals surface area contributed by atoms with E-state index in [0.29, 0.717) is 5.92 Å². The average molecular weight is 191 g/mol. The number of hydrogen-bond donors (Lipinski definition) is 1. The first kappa shape index (κ1) is 11.3. The van der Waals surface area contributed by atoms with Gasteiger partial charge in [-0.15, -0.1) is 0 Å². The Kier molecular flexibility index (Phi) is 3.33. The zero-order valence-corrected chi connectivity index (χ0v) is 9.67. The third-order valence-corrected chi connectivity index (χ3v) is 2.32. The van der Waals surface area contributed by atoms with Gasteiger partial charge in [-0.1, -0.05) is 38.1 Å². The minimum atomic E-state index is -0.120. The van der Waals surface area contributed by atoms with E-state index < -0.39 is 0 Å². The van der Waals surface area contributed by atoms with Crippen molar-refractivity contribution in [1.29, 1.82) is 0 Å². The molecule has 1 nitrogen and oxygen atoms in total. The van der Waals surface area contributed by atoms with Crippen LogP contribution in [0.3, 0.4) is 0 Å². The van der Waals surface area contributed by atoms with Gasteiger partial charge in [-0.25, -0.2) is 0 Å². The fourth-order valence-corrected chi connectivity index (χ4v) is 1.75. The monoisotopic (exact) mass is 191 g/mol. The summed E-state index contributed by atoms with van der Waals surface area (Å²) in [4.78, 5) is 0. The van der Waals surface area contributed by atoms with Crippen molar-refractivity contribution in [3.63, 3.8) is 0 Å². The van der Waals surface area contributed by atoms with Crippen LogP contribution in [0, 0.1) is 0 Å². The predicted molar refractivity (Wildman–Crippen MR) is 62.5 cm³/mol. The lowest BCUT2D eigenvalue weighted by molar-refractivity contribution is 0.513. The highest BCUT2D eigenvalue weighted by molar-refractivity contribution is 5.30. The maximum atomic E-state index is 6.04. The molecular formula is C13H21N. The fourth-order valence-electron chi connectivity index (χ4n) is 1.75. The van der Waals surface area contributed by atoms with Crippen LogP contribution >= 0.6 is 0 Å². The van der Waals surface area contributed by atoms with Crippen LogP contribution in [-0.2, 0) is 6.42 Å². The van der Waals surface area contributed by atoms with Gasteiger partial charge in [0.2, 0.25) is 0 Å². The third kappa shape index (κ3) is 3.15. The van der Waals surface area contributed by atoms with Crippen LogP contribution < -0.4 is 5.73 Å². The van der Waals surface area contributed by atoms with Crippen LogP contribution in [0.1, 0.15) is 44.7 Å². The molecule has 1 heteroatoms. The van der Waals surface area contributed by atoms with Crippen molar-refractivity contribution < 1.29 is 0 Å². The topological polar surface area (TPSA) is 26.0 Å². The summed E-state index contributed by atoms with van der Waals surface area (Å²) in [6, 6.07) is 8.57. The Morgan fingerprint density at radius 2 is 1.79 bits per heavy atom. The molecule has 0 aliphatic carbocycles. The summed E-state index contributed by atoms with van der Waals surface area (Å²) in [5, 5.41) is 0. The first-order valence-corrected chi connectivity index (χ1v) is 5.27. The molecule has 0 spiro atoms. The summed E-state index contributed by atoms with van der Waals surface area (Å²) in [6.07, 6.45) is 0.946. The van der Waals surface area contributed by atoms with Crippen molar-refractivity contribution in [3.8, 4) is 0 Å². The smallest absolute Gasteiger partial charge is 0.0138 e. The van der Waals surface area contributed by atoms with Crippen LogP contribution in [-0.4, -0.2) is 5.54 Å². The van der Waals surface area contributed by atoms with Crippen molar-refractivity contribution in [1.82, 2.24) is 0 Å². The summed E-state index contributed by atoms with van der Waals surface area (Å²) in [5.41, 5.74) is 8.72. The molecule has 0 atom stereocenters. The number of rotatable bonds is 3. The lowest BCUT2D eigenvalue weighted by atomic mass is 9.89. The summed E-state index contributed by atoms with van der Waals surface area (Å²) in [6.45, 7) is 8.60. The molecule has 78 valence electrons. The van der Waals surface area contributed by atoms with E-state index in [1.165, 1.54) is 11.1 Å². The van der Waals surface area contributed by atoms with Gasteiger partial charge in [0.25, 0.3) is 0 Å². The van der Waals surface area contributed by atoms with Gasteiger partial charge in [-0.2, -0.15) is 0 Å². The molecule has 0 fully saturated rings. The Balaban J connectivity index is 2.96. The van der Waals surface area contributed by atoms with Crippen molar-refractivity contribution in [2.24, 2.45) is 5.73 Å². The summed E-state index contributed by atoms with van der Waals surface area (Å²) in [7, 11) is 0. The average Bonchev–Trinajstić information content (AvgIpc) is 2.01. The minimum Gasteiger partial charge on any atom is -0.325 e. The maximum absolute atomic E-state index is 6.04.